The standard InChI is InChI=1S/C10H20.C8H8.2ClH.Nb/c1-6-7(2)9(4)10(5)8(6)3;1-7-5-3-4-6-8(7)2;;;/h6-10H,1-5H3;3-6H,1-2H2;2*1H;/q;-2;;;+2/p-2. The molecule has 2 rings (SSSR count). The Kier molecular flexibility index (Phi) is 11.1. The van der Waals surface area contributed by atoms with Gasteiger partial charge in [0.1, 0.15) is 0 Å². The summed E-state index contributed by atoms with van der Waals surface area (Å²) in [5.41, 5.74) is 2.01. The summed E-state index contributed by atoms with van der Waals surface area (Å²) in [7, 11) is 9.83. The Bertz CT molecular complexity index is 329. The van der Waals surface area contributed by atoms with Crippen molar-refractivity contribution in [2.24, 2.45) is 29.6 Å². The molecule has 0 aromatic heterocycles. The van der Waals surface area contributed by atoms with Crippen LogP contribution in [0.4, 0.5) is 0 Å². The normalized spacial score (nSPS) is 30.5. The predicted octanol–water partition coefficient (Wildman–Crippen LogP) is 6.61. The van der Waals surface area contributed by atoms with Crippen molar-refractivity contribution in [1.82, 2.24) is 0 Å². The fourth-order valence-corrected chi connectivity index (χ4v) is 2.95. The van der Waals surface area contributed by atoms with Gasteiger partial charge in [0.05, 0.1) is 0 Å². The molecule has 1 aliphatic carbocycles. The van der Waals surface area contributed by atoms with Crippen LogP contribution < -0.4 is 0 Å². The van der Waals surface area contributed by atoms with Gasteiger partial charge in [0.2, 0.25) is 0 Å². The van der Waals surface area contributed by atoms with E-state index < -0.39 is 17.6 Å². The molecule has 121 valence electrons. The molecule has 0 nitrogen and oxygen atoms in total. The Labute approximate surface area is 149 Å². The summed E-state index contributed by atoms with van der Waals surface area (Å²) < 4.78 is 0. The van der Waals surface area contributed by atoms with Crippen LogP contribution in [0, 0.1) is 43.4 Å². The minimum atomic E-state index is -0.706. The van der Waals surface area contributed by atoms with Crippen LogP contribution in [-0.4, -0.2) is 0 Å². The average Bonchev–Trinajstić information content (AvgIpc) is 2.62. The summed E-state index contributed by atoms with van der Waals surface area (Å²) in [5.74, 6) is 4.68. The van der Waals surface area contributed by atoms with Gasteiger partial charge in [-0.25, -0.2) is 12.1 Å². The third kappa shape index (κ3) is 6.93. The van der Waals surface area contributed by atoms with Gasteiger partial charge in [-0.15, -0.1) is 12.1 Å². The first-order valence-electron chi connectivity index (χ1n) is 7.43. The zero-order valence-corrected chi connectivity index (χ0v) is 17.5. The van der Waals surface area contributed by atoms with Gasteiger partial charge in [0.15, 0.2) is 0 Å². The van der Waals surface area contributed by atoms with Crippen LogP contribution in [0.25, 0.3) is 0 Å². The second-order valence-corrected chi connectivity index (χ2v) is 9.47. The number of benzene rings is 1. The third-order valence-electron chi connectivity index (χ3n) is 5.27. The van der Waals surface area contributed by atoms with E-state index >= 15 is 0 Å². The Morgan fingerprint density at radius 2 is 0.905 bits per heavy atom. The van der Waals surface area contributed by atoms with Crippen molar-refractivity contribution in [3.63, 3.8) is 0 Å². The molecule has 0 aliphatic heterocycles. The van der Waals surface area contributed by atoms with Gasteiger partial charge in [0, 0.05) is 0 Å². The van der Waals surface area contributed by atoms with E-state index in [1.807, 2.05) is 24.3 Å². The molecule has 0 N–H and O–H groups in total. The molecule has 1 aromatic rings. The molecular formula is C18H28Cl2Nb-2. The number of rotatable bonds is 0. The van der Waals surface area contributed by atoms with Gasteiger partial charge < -0.3 is 0 Å². The fraction of sp³-hybridized carbons (Fsp3) is 0.556. The molecule has 0 bridgehead atoms. The molecule has 3 heteroatoms. The number of hydrogen-bond donors (Lipinski definition) is 0. The van der Waals surface area contributed by atoms with Gasteiger partial charge in [-0.05, 0) is 29.6 Å². The van der Waals surface area contributed by atoms with E-state index in [0.29, 0.717) is 0 Å². The molecule has 0 unspecified atom stereocenters. The maximum atomic E-state index is 4.91. The minimum absolute atomic E-state index is 0.706. The van der Waals surface area contributed by atoms with Crippen molar-refractivity contribution in [3.05, 3.63) is 49.2 Å². The van der Waals surface area contributed by atoms with E-state index in [4.69, 9.17) is 18.4 Å². The molecule has 0 spiro atoms. The Hall–Kier alpha value is 0.280. The predicted molar refractivity (Wildman–Crippen MR) is 92.9 cm³/mol. The molecule has 1 aromatic carbocycles. The molecule has 1 aliphatic rings. The van der Waals surface area contributed by atoms with Gasteiger partial charge >= 0.3 is 36.0 Å². The molecule has 0 heterocycles. The molecule has 1 fully saturated rings. The van der Waals surface area contributed by atoms with E-state index in [0.717, 1.165) is 40.7 Å². The van der Waals surface area contributed by atoms with Gasteiger partial charge in [-0.3, -0.25) is 25.0 Å². The Balaban J connectivity index is 0.000000327. The molecule has 1 saturated carbocycles. The average molecular weight is 408 g/mol. The van der Waals surface area contributed by atoms with Gasteiger partial charge in [-0.1, -0.05) is 34.6 Å². The van der Waals surface area contributed by atoms with Crippen LogP contribution in [-0.2, 0) is 17.6 Å². The van der Waals surface area contributed by atoms with Crippen LogP contribution in [0.2, 0.25) is 0 Å². The second kappa shape index (κ2) is 10.9. The molecule has 0 atom stereocenters. The topological polar surface area (TPSA) is 0 Å². The fourth-order valence-electron chi connectivity index (χ4n) is 2.95. The van der Waals surface area contributed by atoms with E-state index in [2.05, 4.69) is 48.5 Å². The van der Waals surface area contributed by atoms with E-state index in [1.165, 1.54) is 0 Å². The molecule has 0 radical (unpaired) electrons. The number of halogens is 2. The molecule has 0 saturated heterocycles. The van der Waals surface area contributed by atoms with Gasteiger partial charge in [-0.2, -0.15) is 0 Å². The van der Waals surface area contributed by atoms with Crippen molar-refractivity contribution >= 4 is 18.4 Å². The quantitative estimate of drug-likeness (QED) is 0.335. The SMILES string of the molecule is CC1C(C)C(C)C(C)C1C.[CH2-]c1ccccc1[CH2-].[Cl][Nb][Cl]. The summed E-state index contributed by atoms with van der Waals surface area (Å²) >= 11 is -0.706. The Morgan fingerprint density at radius 3 is 1.05 bits per heavy atom. The monoisotopic (exact) mass is 407 g/mol. The zero-order valence-electron chi connectivity index (χ0n) is 13.8. The third-order valence-corrected chi connectivity index (χ3v) is 5.27. The van der Waals surface area contributed by atoms with Crippen LogP contribution in [0.1, 0.15) is 45.7 Å². The van der Waals surface area contributed by atoms with Gasteiger partial charge in [0.25, 0.3) is 0 Å². The summed E-state index contributed by atoms with van der Waals surface area (Å²) in [5, 5.41) is 0. The molecule has 21 heavy (non-hydrogen) atoms. The van der Waals surface area contributed by atoms with E-state index in [1.54, 1.807) is 0 Å². The number of hydrogen-bond acceptors (Lipinski definition) is 0. The first kappa shape index (κ1) is 21.3. The Morgan fingerprint density at radius 1 is 0.714 bits per heavy atom. The first-order chi connectivity index (χ1) is 9.77. The van der Waals surface area contributed by atoms with Crippen LogP contribution in [0.5, 0.6) is 0 Å². The molecular weight excluding hydrogens is 380 g/mol. The molecule has 0 amide bonds. The summed E-state index contributed by atoms with van der Waals surface area (Å²) in [6, 6.07) is 7.80. The zero-order chi connectivity index (χ0) is 16.6. The van der Waals surface area contributed by atoms with Crippen LogP contribution >= 0.6 is 18.4 Å². The van der Waals surface area contributed by atoms with Crippen molar-refractivity contribution in [2.75, 3.05) is 0 Å². The van der Waals surface area contributed by atoms with Crippen molar-refractivity contribution in [2.45, 2.75) is 34.6 Å². The van der Waals surface area contributed by atoms with Crippen molar-refractivity contribution < 1.29 is 17.6 Å². The van der Waals surface area contributed by atoms with Crippen LogP contribution in [0.15, 0.2) is 24.3 Å². The van der Waals surface area contributed by atoms with E-state index in [-0.39, 0.29) is 0 Å². The van der Waals surface area contributed by atoms with E-state index in [9.17, 15) is 0 Å². The summed E-state index contributed by atoms with van der Waals surface area (Å²) in [6.07, 6.45) is 0. The van der Waals surface area contributed by atoms with Crippen molar-refractivity contribution in [1.29, 1.82) is 0 Å². The van der Waals surface area contributed by atoms with Crippen molar-refractivity contribution in [3.8, 4) is 0 Å². The maximum absolute atomic E-state index is 4.91. The first-order valence-corrected chi connectivity index (χ1v) is 13.1. The summed E-state index contributed by atoms with van der Waals surface area (Å²) in [6.45, 7) is 19.5. The second-order valence-electron chi connectivity index (χ2n) is 6.13. The summed E-state index contributed by atoms with van der Waals surface area (Å²) in [4.78, 5) is 0. The van der Waals surface area contributed by atoms with Crippen LogP contribution in [0.3, 0.4) is 0 Å².